The van der Waals surface area contributed by atoms with Crippen molar-refractivity contribution in [1.82, 2.24) is 4.90 Å². The number of likely N-dealkylation sites (N-methyl/N-ethyl adjacent to an activating group) is 1. The van der Waals surface area contributed by atoms with E-state index in [1.165, 1.54) is 16.7 Å². The van der Waals surface area contributed by atoms with Crippen molar-refractivity contribution in [3.05, 3.63) is 53.1 Å². The average Bonchev–Trinajstić information content (AvgIpc) is 2.90. The molecule has 1 heterocycles. The zero-order valence-electron chi connectivity index (χ0n) is 20.6. The molecule has 36 heavy (non-hydrogen) atoms. The van der Waals surface area contributed by atoms with Gasteiger partial charge in [-0.2, -0.15) is 13.2 Å². The monoisotopic (exact) mass is 560 g/mol. The summed E-state index contributed by atoms with van der Waals surface area (Å²) in [5, 5.41) is 0.00273. The predicted octanol–water partition coefficient (Wildman–Crippen LogP) is 5.77. The first-order valence-corrected chi connectivity index (χ1v) is 15.8. The fourth-order valence-corrected chi connectivity index (χ4v) is 6.42. The van der Waals surface area contributed by atoms with E-state index in [9.17, 15) is 22.8 Å². The van der Waals surface area contributed by atoms with Crippen LogP contribution in [0.15, 0.2) is 47.4 Å². The Kier molecular flexibility index (Phi) is 8.69. The van der Waals surface area contributed by atoms with E-state index in [2.05, 4.69) is 0 Å². The first-order valence-electron chi connectivity index (χ1n) is 11.1. The number of carbonyl (C=O) groups excluding carboxylic acids is 2. The molecule has 3 rings (SSSR count). The summed E-state index contributed by atoms with van der Waals surface area (Å²) < 4.78 is 50.4. The van der Waals surface area contributed by atoms with Crippen molar-refractivity contribution in [1.29, 1.82) is 0 Å². The molecule has 12 heteroatoms. The van der Waals surface area contributed by atoms with Gasteiger partial charge in [0, 0.05) is 30.1 Å². The van der Waals surface area contributed by atoms with E-state index in [1.807, 2.05) is 31.8 Å². The van der Waals surface area contributed by atoms with Gasteiger partial charge in [0.25, 0.3) is 5.91 Å². The number of benzene rings is 2. The molecule has 0 bridgehead atoms. The second-order valence-corrected chi connectivity index (χ2v) is 15.4. The number of alkyl halides is 3. The van der Waals surface area contributed by atoms with Crippen molar-refractivity contribution >= 4 is 49.2 Å². The van der Waals surface area contributed by atoms with E-state index >= 15 is 0 Å². The Bertz CT molecular complexity index is 1110. The van der Waals surface area contributed by atoms with Crippen LogP contribution in [0.3, 0.4) is 0 Å². The summed E-state index contributed by atoms with van der Waals surface area (Å²) in [6.07, 6.45) is -5.91. The van der Waals surface area contributed by atoms with Crippen molar-refractivity contribution in [3.63, 3.8) is 0 Å². The number of fused-ring (bicyclic) bond motifs is 1. The van der Waals surface area contributed by atoms with Crippen LogP contribution in [0.4, 0.5) is 18.9 Å². The highest BCUT2D eigenvalue weighted by atomic mass is 35.5. The number of hydrogen-bond acceptors (Lipinski definition) is 5. The van der Waals surface area contributed by atoms with Gasteiger partial charge < -0.3 is 19.0 Å². The third-order valence-corrected chi connectivity index (χ3v) is 7.97. The molecule has 0 N–H and O–H groups in total. The van der Waals surface area contributed by atoms with Gasteiger partial charge in [-0.1, -0.05) is 23.7 Å². The Morgan fingerprint density at radius 1 is 1.17 bits per heavy atom. The van der Waals surface area contributed by atoms with Gasteiger partial charge in [0.05, 0.1) is 18.0 Å². The molecular weight excluding hydrogens is 533 g/mol. The maximum Gasteiger partial charge on any atom is 0.471 e. The first kappa shape index (κ1) is 28.4. The van der Waals surface area contributed by atoms with Gasteiger partial charge >= 0.3 is 12.1 Å². The fraction of sp³-hybridized carbons (Fsp3) is 0.417. The summed E-state index contributed by atoms with van der Waals surface area (Å²) in [6, 6.07) is 12.3. The quantitative estimate of drug-likeness (QED) is 0.402. The van der Waals surface area contributed by atoms with Gasteiger partial charge in [0.1, 0.15) is 11.9 Å². The van der Waals surface area contributed by atoms with Crippen LogP contribution in [0.1, 0.15) is 10.8 Å². The summed E-state index contributed by atoms with van der Waals surface area (Å²) in [5.41, 5.74) is 1.33. The Morgan fingerprint density at radius 3 is 2.36 bits per heavy atom. The van der Waals surface area contributed by atoms with E-state index in [0.717, 1.165) is 12.6 Å². The van der Waals surface area contributed by atoms with Crippen molar-refractivity contribution < 1.29 is 31.9 Å². The minimum atomic E-state index is -5.00. The molecule has 196 valence electrons. The lowest BCUT2D eigenvalue weighted by Gasteiger charge is -2.33. The summed E-state index contributed by atoms with van der Waals surface area (Å²) in [4.78, 5) is 28.3. The van der Waals surface area contributed by atoms with Crippen LogP contribution in [0.5, 0.6) is 5.75 Å². The molecule has 0 aromatic heterocycles. The number of amides is 2. The highest BCUT2D eigenvalue weighted by Gasteiger charge is 2.43. The zero-order valence-corrected chi connectivity index (χ0v) is 23.1. The van der Waals surface area contributed by atoms with Crippen molar-refractivity contribution in [2.75, 3.05) is 32.1 Å². The third kappa shape index (κ3) is 6.75. The number of rotatable bonds is 7. The second-order valence-electron chi connectivity index (χ2n) is 9.29. The summed E-state index contributed by atoms with van der Waals surface area (Å²) >= 11 is 7.68. The van der Waals surface area contributed by atoms with Crippen LogP contribution >= 0.6 is 23.4 Å². The number of halogens is 4. The van der Waals surface area contributed by atoms with E-state index in [0.29, 0.717) is 26.3 Å². The van der Waals surface area contributed by atoms with Crippen LogP contribution in [0, 0.1) is 0 Å². The van der Waals surface area contributed by atoms with Crippen LogP contribution in [0.25, 0.3) is 0 Å². The first-order chi connectivity index (χ1) is 16.7. The maximum absolute atomic E-state index is 14.0. The van der Waals surface area contributed by atoms with Gasteiger partial charge in [-0.15, -0.1) is 11.8 Å². The van der Waals surface area contributed by atoms with Crippen LogP contribution in [-0.2, 0) is 14.0 Å². The van der Waals surface area contributed by atoms with E-state index in [4.69, 9.17) is 20.8 Å². The molecule has 0 radical (unpaired) electrons. The lowest BCUT2D eigenvalue weighted by atomic mass is 10.1. The van der Waals surface area contributed by atoms with Crippen LogP contribution in [0.2, 0.25) is 24.7 Å². The molecule has 0 spiro atoms. The molecule has 1 aliphatic rings. The number of carbonyl (C=O) groups is 2. The zero-order chi connectivity index (χ0) is 26.8. The van der Waals surface area contributed by atoms with Gasteiger partial charge in [-0.25, -0.2) is 0 Å². The minimum Gasteiger partial charge on any atom is -0.497 e. The van der Waals surface area contributed by atoms with Gasteiger partial charge in [0.2, 0.25) is 0 Å². The van der Waals surface area contributed by atoms with Crippen LogP contribution in [-0.4, -0.2) is 64.6 Å². The Hall–Kier alpha value is -2.21. The molecular formula is C24H28ClF3N2O4SSi. The van der Waals surface area contributed by atoms with Gasteiger partial charge in [-0.3, -0.25) is 9.59 Å². The van der Waals surface area contributed by atoms with E-state index in [-0.39, 0.29) is 19.0 Å². The minimum absolute atomic E-state index is 0.146. The lowest BCUT2D eigenvalue weighted by molar-refractivity contribution is -0.183. The number of ether oxygens (including phenoxy) is 1. The molecule has 0 saturated carbocycles. The molecule has 2 aromatic rings. The SMILES string of the molecule is COc1ccc(C2Sc3cc(Cl)ccc3N(CCN(C)C(=O)C(F)(F)F)C(=O)C2O[Si](C)(C)C)cc1. The molecule has 2 unspecified atom stereocenters. The smallest absolute Gasteiger partial charge is 0.471 e. The average molecular weight is 561 g/mol. The summed E-state index contributed by atoms with van der Waals surface area (Å²) in [7, 11) is 0.366. The number of anilines is 1. The molecule has 6 nitrogen and oxygen atoms in total. The molecule has 2 aromatic carbocycles. The summed E-state index contributed by atoms with van der Waals surface area (Å²) in [6.45, 7) is 5.43. The maximum atomic E-state index is 14.0. The standard InChI is InChI=1S/C24H28ClF3N2O4SSi/c1-29(23(32)24(26,27)28)12-13-30-18-11-8-16(25)14-19(18)35-21(15-6-9-17(33-2)10-7-15)20(22(30)31)34-36(3,4)5/h6-11,14,20-21H,12-13H2,1-5H3. The molecule has 0 fully saturated rings. The van der Waals surface area contributed by atoms with Crippen molar-refractivity contribution in [2.45, 2.75) is 42.1 Å². The Labute approximate surface area is 218 Å². The van der Waals surface area contributed by atoms with E-state index in [1.54, 1.807) is 37.4 Å². The van der Waals surface area contributed by atoms with Gasteiger partial charge in [-0.05, 0) is 55.5 Å². The van der Waals surface area contributed by atoms with Gasteiger partial charge in [0.15, 0.2) is 8.32 Å². The Morgan fingerprint density at radius 2 is 1.81 bits per heavy atom. The lowest BCUT2D eigenvalue weighted by Crippen LogP contribution is -2.49. The second kappa shape index (κ2) is 11.0. The highest BCUT2D eigenvalue weighted by molar-refractivity contribution is 7.99. The molecule has 1 aliphatic heterocycles. The van der Waals surface area contributed by atoms with E-state index < -0.39 is 31.8 Å². The largest absolute Gasteiger partial charge is 0.497 e. The number of nitrogens with zero attached hydrogens (tertiary/aromatic N) is 2. The fourth-order valence-electron chi connectivity index (χ4n) is 3.73. The Balaban J connectivity index is 2.05. The van der Waals surface area contributed by atoms with Crippen molar-refractivity contribution in [2.24, 2.45) is 0 Å². The number of methoxy groups -OCH3 is 1. The number of thioether (sulfide) groups is 1. The highest BCUT2D eigenvalue weighted by Crippen LogP contribution is 2.48. The molecule has 2 amide bonds. The molecule has 0 saturated heterocycles. The summed E-state index contributed by atoms with van der Waals surface area (Å²) in [5.74, 6) is -1.70. The molecule has 2 atom stereocenters. The van der Waals surface area contributed by atoms with Crippen molar-refractivity contribution in [3.8, 4) is 5.75 Å². The third-order valence-electron chi connectivity index (χ3n) is 5.42. The predicted molar refractivity (Wildman–Crippen MR) is 137 cm³/mol. The van der Waals surface area contributed by atoms with Crippen LogP contribution < -0.4 is 9.64 Å². The number of hydrogen-bond donors (Lipinski definition) is 0. The molecule has 0 aliphatic carbocycles. The topological polar surface area (TPSA) is 59.1 Å². The normalized spacial score (nSPS) is 18.5.